The number of ether oxygens (including phenoxy) is 1. The first-order valence-corrected chi connectivity index (χ1v) is 23.0. The minimum Gasteiger partial charge on any atom is -0.375 e. The van der Waals surface area contributed by atoms with Gasteiger partial charge in [-0.3, -0.25) is 24.5 Å². The van der Waals surface area contributed by atoms with Crippen LogP contribution in [0.5, 0.6) is 0 Å². The minimum absolute atomic E-state index is 0.132. The maximum Gasteiger partial charge on any atom is 0.255 e. The SMILES string of the molecule is CCn1nc(C2CC2)cc1Nc1nc(C(=O)CCCCn2cnc(COCCCc3cccc4c3CN(C3CCC(=O)NC3=O)C4=O)c2)nc2[nH]c3cc(-c4c(C)noc4C)c(C)cc3c12. The highest BCUT2D eigenvalue weighted by Gasteiger charge is 2.39. The number of aromatic amines is 1. The van der Waals surface area contributed by atoms with Crippen molar-refractivity contribution in [2.75, 3.05) is 11.9 Å². The highest BCUT2D eigenvalue weighted by atomic mass is 16.5. The quantitative estimate of drug-likeness (QED) is 0.0431. The Balaban J connectivity index is 0.754. The lowest BCUT2D eigenvalue weighted by molar-refractivity contribution is -0.136. The number of amides is 3. The summed E-state index contributed by atoms with van der Waals surface area (Å²) in [5, 5.41) is 16.7. The van der Waals surface area contributed by atoms with E-state index >= 15 is 0 Å². The van der Waals surface area contributed by atoms with E-state index in [4.69, 9.17) is 24.3 Å². The first kappa shape index (κ1) is 42.9. The van der Waals surface area contributed by atoms with Gasteiger partial charge in [0.1, 0.15) is 29.1 Å². The number of hydrogen-bond donors (Lipinski definition) is 3. The Hall–Kier alpha value is -7.01. The van der Waals surface area contributed by atoms with Crippen LogP contribution in [0.4, 0.5) is 11.6 Å². The number of imide groups is 1. The van der Waals surface area contributed by atoms with Gasteiger partial charge in [0.05, 0.1) is 35.4 Å². The first-order chi connectivity index (χ1) is 32.0. The van der Waals surface area contributed by atoms with Gasteiger partial charge in [-0.05, 0) is 113 Å². The number of ketones is 1. The number of piperidine rings is 1. The molecular weight excluding hydrogens is 839 g/mol. The van der Waals surface area contributed by atoms with Gasteiger partial charge in [0, 0.05) is 79.3 Å². The Morgan fingerprint density at radius 2 is 1.88 bits per heavy atom. The number of H-pyrrole nitrogens is 1. The Morgan fingerprint density at radius 1 is 1.02 bits per heavy atom. The number of carbonyl (C=O) groups is 4. The molecule has 0 bridgehead atoms. The molecule has 1 atom stereocenters. The number of aryl methyl sites for hydroxylation is 6. The first-order valence-electron chi connectivity index (χ1n) is 23.0. The molecular formula is C49H53N11O6. The van der Waals surface area contributed by atoms with Crippen LogP contribution in [0, 0.1) is 20.8 Å². The smallest absolute Gasteiger partial charge is 0.255 e. The predicted octanol–water partition coefficient (Wildman–Crippen LogP) is 7.69. The summed E-state index contributed by atoms with van der Waals surface area (Å²) in [4.78, 5) is 70.5. The topological polar surface area (TPSA) is 208 Å². The van der Waals surface area contributed by atoms with E-state index in [2.05, 4.69) is 57.8 Å². The predicted molar refractivity (Wildman–Crippen MR) is 245 cm³/mol. The Bertz CT molecular complexity index is 3030. The van der Waals surface area contributed by atoms with Crippen molar-refractivity contribution in [2.24, 2.45) is 0 Å². The van der Waals surface area contributed by atoms with Crippen molar-refractivity contribution in [3.8, 4) is 11.1 Å². The molecule has 0 spiro atoms. The third-order valence-electron chi connectivity index (χ3n) is 13.1. The standard InChI is InChI=1S/C49H53N11O6/c1-5-60-41(22-37(56-60)31-14-15-31)52-47-44-35-20-27(2)34(43-28(3)57-66-29(43)4)21-38(35)51-46(44)54-45(55-47)40(61)13-6-7-18-58-23-32(50-26-58)25-65-19-9-11-30-10-8-12-33-36(30)24-59(49(33)64)39-16-17-42(62)53-48(39)63/h8,10,12,20-23,26,31,39H,5-7,9,11,13-19,24-25H2,1-4H3,(H,53,62,63)(H2,51,52,54,55). The lowest BCUT2D eigenvalue weighted by atomic mass is 9.97. The lowest BCUT2D eigenvalue weighted by Crippen LogP contribution is -2.52. The molecule has 7 aromatic rings. The molecule has 10 rings (SSSR count). The van der Waals surface area contributed by atoms with Crippen LogP contribution in [-0.2, 0) is 47.0 Å². The number of fused-ring (bicyclic) bond motifs is 4. The molecule has 17 heteroatoms. The summed E-state index contributed by atoms with van der Waals surface area (Å²) in [6, 6.07) is 11.4. The second-order valence-corrected chi connectivity index (χ2v) is 17.8. The van der Waals surface area contributed by atoms with E-state index in [0.29, 0.717) is 68.6 Å². The number of carbonyl (C=O) groups excluding carboxylic acids is 4. The molecule has 1 unspecified atom stereocenters. The molecule has 66 heavy (non-hydrogen) atoms. The van der Waals surface area contributed by atoms with Crippen molar-refractivity contribution in [3.63, 3.8) is 0 Å². The summed E-state index contributed by atoms with van der Waals surface area (Å²) in [6.07, 6.45) is 9.78. The largest absolute Gasteiger partial charge is 0.375 e. The van der Waals surface area contributed by atoms with Gasteiger partial charge in [0.2, 0.25) is 11.8 Å². The van der Waals surface area contributed by atoms with Gasteiger partial charge in [0.25, 0.3) is 5.91 Å². The number of nitrogens with one attached hydrogen (secondary N) is 3. The van der Waals surface area contributed by atoms with Crippen LogP contribution in [0.15, 0.2) is 53.4 Å². The average molecular weight is 892 g/mol. The van der Waals surface area contributed by atoms with Gasteiger partial charge < -0.3 is 29.0 Å². The molecule has 1 aliphatic carbocycles. The van der Waals surface area contributed by atoms with Crippen LogP contribution in [0.1, 0.15) is 125 Å². The summed E-state index contributed by atoms with van der Waals surface area (Å²) in [6.45, 7) is 10.6. The van der Waals surface area contributed by atoms with Crippen molar-refractivity contribution in [3.05, 3.63) is 99.8 Å². The molecule has 3 aliphatic rings. The van der Waals surface area contributed by atoms with Gasteiger partial charge in [0.15, 0.2) is 11.6 Å². The molecule has 340 valence electrons. The van der Waals surface area contributed by atoms with E-state index in [1.165, 1.54) is 0 Å². The zero-order valence-electron chi connectivity index (χ0n) is 37.7. The maximum atomic E-state index is 13.8. The molecule has 2 aliphatic heterocycles. The van der Waals surface area contributed by atoms with Gasteiger partial charge in [-0.15, -0.1) is 0 Å². The van der Waals surface area contributed by atoms with Crippen molar-refractivity contribution in [1.82, 2.24) is 49.7 Å². The van der Waals surface area contributed by atoms with Gasteiger partial charge >= 0.3 is 0 Å². The van der Waals surface area contributed by atoms with E-state index < -0.39 is 11.9 Å². The fourth-order valence-electron chi connectivity index (χ4n) is 9.50. The number of benzene rings is 2. The highest BCUT2D eigenvalue weighted by molar-refractivity contribution is 6.14. The summed E-state index contributed by atoms with van der Waals surface area (Å²) in [5.74, 6) is 1.78. The van der Waals surface area contributed by atoms with Crippen LogP contribution in [0.2, 0.25) is 0 Å². The number of aromatic nitrogens is 8. The number of hydrogen-bond acceptors (Lipinski definition) is 12. The van der Waals surface area contributed by atoms with E-state index in [1.54, 1.807) is 17.3 Å². The van der Waals surface area contributed by atoms with Crippen LogP contribution < -0.4 is 10.6 Å². The molecule has 2 aromatic carbocycles. The Kier molecular flexibility index (Phi) is 11.5. The molecule has 2 fully saturated rings. The molecule has 17 nitrogen and oxygen atoms in total. The number of nitrogens with zero attached hydrogens (tertiary/aromatic N) is 8. The van der Waals surface area contributed by atoms with Crippen molar-refractivity contribution in [1.29, 1.82) is 0 Å². The monoisotopic (exact) mass is 891 g/mol. The van der Waals surface area contributed by atoms with Crippen molar-refractivity contribution >= 4 is 57.1 Å². The van der Waals surface area contributed by atoms with Gasteiger partial charge in [-0.1, -0.05) is 17.3 Å². The third kappa shape index (κ3) is 8.38. The van der Waals surface area contributed by atoms with Gasteiger partial charge in [-0.2, -0.15) is 5.10 Å². The van der Waals surface area contributed by atoms with Crippen molar-refractivity contribution < 1.29 is 28.4 Å². The summed E-state index contributed by atoms with van der Waals surface area (Å²) in [7, 11) is 0. The maximum absolute atomic E-state index is 13.8. The van der Waals surface area contributed by atoms with Crippen LogP contribution >= 0.6 is 0 Å². The summed E-state index contributed by atoms with van der Waals surface area (Å²) < 4.78 is 15.5. The third-order valence-corrected chi connectivity index (χ3v) is 13.1. The number of rotatable bonds is 18. The zero-order valence-corrected chi connectivity index (χ0v) is 37.7. The number of unbranched alkanes of at least 4 members (excludes halogenated alkanes) is 1. The molecule has 0 radical (unpaired) electrons. The Morgan fingerprint density at radius 3 is 2.67 bits per heavy atom. The molecule has 1 saturated carbocycles. The molecule has 1 saturated heterocycles. The number of imidazole rings is 1. The fraction of sp³-hybridized carbons (Fsp3) is 0.408. The normalized spacial score (nSPS) is 16.2. The van der Waals surface area contributed by atoms with E-state index in [9.17, 15) is 19.2 Å². The number of anilines is 2. The second-order valence-electron chi connectivity index (χ2n) is 17.8. The summed E-state index contributed by atoms with van der Waals surface area (Å²) in [5.41, 5.74) is 9.83. The summed E-state index contributed by atoms with van der Waals surface area (Å²) >= 11 is 0. The molecule has 5 aromatic heterocycles. The molecule has 3 amide bonds. The van der Waals surface area contributed by atoms with Crippen LogP contribution in [0.3, 0.4) is 0 Å². The second kappa shape index (κ2) is 17.8. The highest BCUT2D eigenvalue weighted by Crippen LogP contribution is 2.42. The Labute approximate surface area is 380 Å². The van der Waals surface area contributed by atoms with Gasteiger partial charge in [-0.25, -0.2) is 19.6 Å². The van der Waals surface area contributed by atoms with E-state index in [-0.39, 0.29) is 36.3 Å². The molecule has 3 N–H and O–H groups in total. The molecule has 7 heterocycles. The lowest BCUT2D eigenvalue weighted by Gasteiger charge is -2.29. The van der Waals surface area contributed by atoms with Crippen LogP contribution in [-0.4, -0.2) is 80.5 Å². The van der Waals surface area contributed by atoms with Crippen molar-refractivity contribution in [2.45, 2.75) is 124 Å². The van der Waals surface area contributed by atoms with E-state index in [0.717, 1.165) is 105 Å². The fourth-order valence-corrected chi connectivity index (χ4v) is 9.50. The minimum atomic E-state index is -0.635. The zero-order chi connectivity index (χ0) is 45.6. The number of Topliss-reactive ketones (excluding diaryl/α,β-unsaturated/α-hetero) is 1. The van der Waals surface area contributed by atoms with Crippen LogP contribution in [0.25, 0.3) is 33.1 Å². The average Bonchev–Trinajstić information content (AvgIpc) is 3.55. The van der Waals surface area contributed by atoms with E-state index in [1.807, 2.05) is 41.4 Å².